The lowest BCUT2D eigenvalue weighted by Crippen LogP contribution is -2.42. The number of methoxy groups -OCH3 is 1. The van der Waals surface area contributed by atoms with Crippen LogP contribution in [0.15, 0.2) is 29.3 Å². The molecule has 228 valence electrons. The van der Waals surface area contributed by atoms with Crippen LogP contribution in [-0.4, -0.2) is 71.7 Å². The number of hydrogen-bond acceptors (Lipinski definition) is 12. The lowest BCUT2D eigenvalue weighted by Gasteiger charge is -2.18. The van der Waals surface area contributed by atoms with Crippen LogP contribution in [0.25, 0.3) is 21.7 Å². The average Bonchev–Trinajstić information content (AvgIpc) is 3.63. The first kappa shape index (κ1) is 32.0. The standard InChI is InChI=1S/C24H26BFN6O5S.C2H5NO2/c1-11-6-18(30-20(19(11)26)21-28-10-16(38-21)23(2,3)35)29-17-8-14-15(9-27-17)32(24(25,36)37)22(34)31(14)12-4-5-13(33)7-12;1-5-2(3)4/h6,8-10,12-13,33,35-37H,4-5,7H2,1-3H3,(H,27,29,30);1H3,(H2,3,4). The molecule has 1 fully saturated rings. The van der Waals surface area contributed by atoms with Gasteiger partial charge in [0.15, 0.2) is 19.5 Å². The first-order valence-electron chi connectivity index (χ1n) is 13.0. The summed E-state index contributed by atoms with van der Waals surface area (Å²) < 4.78 is 20.9. The van der Waals surface area contributed by atoms with Crippen molar-refractivity contribution in [3.63, 3.8) is 0 Å². The quantitative estimate of drug-likeness (QED) is 0.136. The first-order valence-corrected chi connectivity index (χ1v) is 13.8. The summed E-state index contributed by atoms with van der Waals surface area (Å²) in [5.74, 6) is -3.00. The molecule has 4 heterocycles. The van der Waals surface area contributed by atoms with Gasteiger partial charge in [-0.05, 0) is 51.7 Å². The van der Waals surface area contributed by atoms with Gasteiger partial charge in [-0.3, -0.25) is 4.57 Å². The van der Waals surface area contributed by atoms with Crippen LogP contribution in [0.2, 0.25) is 0 Å². The van der Waals surface area contributed by atoms with Gasteiger partial charge >= 0.3 is 11.8 Å². The van der Waals surface area contributed by atoms with Crippen molar-refractivity contribution >= 4 is 47.9 Å². The number of ether oxygens (including phenoxy) is 1. The van der Waals surface area contributed by atoms with E-state index in [0.717, 1.165) is 11.3 Å². The molecule has 1 saturated carbocycles. The predicted molar refractivity (Wildman–Crippen MR) is 156 cm³/mol. The Kier molecular flexibility index (Phi) is 8.94. The fraction of sp³-hybridized carbons (Fsp3) is 0.423. The van der Waals surface area contributed by atoms with Gasteiger partial charge in [-0.15, -0.1) is 11.3 Å². The highest BCUT2D eigenvalue weighted by atomic mass is 32.1. The van der Waals surface area contributed by atoms with E-state index in [1.165, 1.54) is 36.2 Å². The maximum absolute atomic E-state index is 15.0. The van der Waals surface area contributed by atoms with Gasteiger partial charge < -0.3 is 36.2 Å². The van der Waals surface area contributed by atoms with Gasteiger partial charge in [-0.1, -0.05) is 0 Å². The molecular weight excluding hydrogens is 584 g/mol. The molecule has 1 amide bonds. The number of aliphatic hydroxyl groups is 4. The molecule has 14 nitrogen and oxygen atoms in total. The molecule has 0 aliphatic heterocycles. The number of aryl methyl sites for hydroxylation is 1. The summed E-state index contributed by atoms with van der Waals surface area (Å²) in [5, 5.41) is 43.7. The van der Waals surface area contributed by atoms with Crippen LogP contribution in [0.4, 0.5) is 20.8 Å². The number of carbonyl (C=O) groups excluding carboxylic acids is 1. The molecule has 2 atom stereocenters. The second-order valence-corrected chi connectivity index (χ2v) is 11.6. The number of hydrogen-bond donors (Lipinski definition) is 6. The summed E-state index contributed by atoms with van der Waals surface area (Å²) in [5.41, 5.74) is 3.25. The van der Waals surface area contributed by atoms with Crippen molar-refractivity contribution in [2.45, 2.75) is 63.6 Å². The molecule has 17 heteroatoms. The Morgan fingerprint density at radius 2 is 1.86 bits per heavy atom. The van der Waals surface area contributed by atoms with E-state index in [9.17, 15) is 30.0 Å². The van der Waals surface area contributed by atoms with E-state index in [1.54, 1.807) is 20.8 Å². The number of aliphatic hydroxyl groups excluding tert-OH is 1. The van der Waals surface area contributed by atoms with Crippen LogP contribution in [0.1, 0.15) is 49.6 Å². The molecule has 43 heavy (non-hydrogen) atoms. The summed E-state index contributed by atoms with van der Waals surface area (Å²) in [6.07, 6.45) is 2.76. The van der Waals surface area contributed by atoms with Crippen molar-refractivity contribution < 1.29 is 34.3 Å². The Balaban J connectivity index is 0.000000782. The third-order valence-electron chi connectivity index (χ3n) is 6.74. The van der Waals surface area contributed by atoms with Gasteiger partial charge in [0.2, 0.25) is 0 Å². The van der Waals surface area contributed by atoms with Gasteiger partial charge in [-0.2, -0.15) is 0 Å². The van der Waals surface area contributed by atoms with Gasteiger partial charge in [0, 0.05) is 18.3 Å². The van der Waals surface area contributed by atoms with E-state index in [1.807, 2.05) is 0 Å². The zero-order chi connectivity index (χ0) is 31.9. The number of fused-ring (bicyclic) bond motifs is 1. The van der Waals surface area contributed by atoms with Crippen molar-refractivity contribution in [1.82, 2.24) is 24.1 Å². The summed E-state index contributed by atoms with van der Waals surface area (Å²) >= 11 is 1.13. The lowest BCUT2D eigenvalue weighted by molar-refractivity contribution is -0.151. The molecule has 7 N–H and O–H groups in total. The zero-order valence-corrected chi connectivity index (χ0v) is 24.6. The SMILES string of the molecule is COC(N)=O.[B]C(O)(O)n1c(=O)n(C2CCC(O)C2)c2cc(Nc3cc(C)c(F)c(-c4ncc(C(C)(C)O)s4)n3)ncc21. The monoisotopic (exact) mass is 615 g/mol. The number of imidazole rings is 1. The molecule has 4 aromatic heterocycles. The van der Waals surface area contributed by atoms with Crippen molar-refractivity contribution in [3.05, 3.63) is 51.3 Å². The average molecular weight is 615 g/mol. The first-order chi connectivity index (χ1) is 20.0. The van der Waals surface area contributed by atoms with Gasteiger partial charge in [-0.25, -0.2) is 33.5 Å². The number of pyridine rings is 2. The highest BCUT2D eigenvalue weighted by molar-refractivity contribution is 7.15. The zero-order valence-electron chi connectivity index (χ0n) is 23.8. The Hall–Kier alpha value is -3.90. The molecule has 0 spiro atoms. The number of rotatable bonds is 6. The number of aromatic nitrogens is 5. The van der Waals surface area contributed by atoms with E-state index in [4.69, 9.17) is 7.85 Å². The van der Waals surface area contributed by atoms with Gasteiger partial charge in [0.25, 0.3) is 0 Å². The number of nitrogens with zero attached hydrogens (tertiary/aromatic N) is 5. The number of nitrogens with one attached hydrogen (secondary N) is 1. The molecule has 0 bridgehead atoms. The van der Waals surface area contributed by atoms with Crippen LogP contribution >= 0.6 is 11.3 Å². The number of thiazole rings is 1. The number of anilines is 2. The third-order valence-corrected chi connectivity index (χ3v) is 8.06. The smallest absolute Gasteiger partial charge is 0.404 e. The fourth-order valence-corrected chi connectivity index (χ4v) is 5.59. The molecule has 2 radical (unpaired) electrons. The summed E-state index contributed by atoms with van der Waals surface area (Å²) in [6, 6.07) is 2.64. The van der Waals surface area contributed by atoms with Crippen LogP contribution in [0.3, 0.4) is 0 Å². The number of nitrogens with two attached hydrogens (primary N) is 1. The minimum Gasteiger partial charge on any atom is -0.453 e. The molecule has 0 saturated heterocycles. The maximum Gasteiger partial charge on any atom is 0.404 e. The molecule has 5 rings (SSSR count). The second kappa shape index (κ2) is 12.0. The Morgan fingerprint density at radius 3 is 2.40 bits per heavy atom. The van der Waals surface area contributed by atoms with Crippen molar-refractivity contribution in [3.8, 4) is 10.7 Å². The summed E-state index contributed by atoms with van der Waals surface area (Å²) in [6.45, 7) is 4.81. The normalized spacial score (nSPS) is 17.0. The van der Waals surface area contributed by atoms with Crippen LogP contribution in [0.5, 0.6) is 0 Å². The number of amides is 1. The van der Waals surface area contributed by atoms with Crippen LogP contribution in [-0.2, 0) is 16.1 Å². The molecule has 1 aliphatic rings. The molecule has 2 unspecified atom stereocenters. The van der Waals surface area contributed by atoms with Crippen molar-refractivity contribution in [2.24, 2.45) is 5.73 Å². The lowest BCUT2D eigenvalue weighted by atomic mass is 10.0. The molecule has 0 aromatic carbocycles. The van der Waals surface area contributed by atoms with Gasteiger partial charge in [0.1, 0.15) is 22.3 Å². The summed E-state index contributed by atoms with van der Waals surface area (Å²) in [4.78, 5) is 36.0. The van der Waals surface area contributed by atoms with Crippen LogP contribution in [0, 0.1) is 12.7 Å². The number of carbonyl (C=O) groups is 1. The molecule has 1 aliphatic carbocycles. The van der Waals surface area contributed by atoms with Gasteiger partial charge in [0.05, 0.1) is 40.9 Å². The highest BCUT2D eigenvalue weighted by Gasteiger charge is 2.32. The third kappa shape index (κ3) is 6.86. The van der Waals surface area contributed by atoms with Crippen LogP contribution < -0.4 is 16.7 Å². The Bertz CT molecular complexity index is 1710. The summed E-state index contributed by atoms with van der Waals surface area (Å²) in [7, 11) is 6.68. The second-order valence-electron chi connectivity index (χ2n) is 10.6. The Labute approximate surface area is 250 Å². The fourth-order valence-electron chi connectivity index (χ4n) is 4.69. The van der Waals surface area contributed by atoms with E-state index < -0.39 is 35.1 Å². The minimum absolute atomic E-state index is 0.00515. The van der Waals surface area contributed by atoms with Crippen molar-refractivity contribution in [1.29, 1.82) is 0 Å². The van der Waals surface area contributed by atoms with Crippen molar-refractivity contribution in [2.75, 3.05) is 12.4 Å². The van der Waals surface area contributed by atoms with E-state index >= 15 is 4.39 Å². The topological polar surface area (TPSA) is 211 Å². The minimum atomic E-state index is -2.96. The maximum atomic E-state index is 15.0. The van der Waals surface area contributed by atoms with E-state index in [2.05, 4.69) is 30.7 Å². The number of halogens is 1. The number of primary amides is 1. The largest absolute Gasteiger partial charge is 0.453 e. The Morgan fingerprint density at radius 1 is 1.19 bits per heavy atom. The predicted octanol–water partition coefficient (Wildman–Crippen LogP) is 1.65. The molecule has 4 aromatic rings. The van der Waals surface area contributed by atoms with E-state index in [-0.39, 0.29) is 28.9 Å². The highest BCUT2D eigenvalue weighted by Crippen LogP contribution is 2.35. The molecular formula is C26H31BFN7O7S. The van der Waals surface area contributed by atoms with E-state index in [0.29, 0.717) is 44.8 Å².